The van der Waals surface area contributed by atoms with Crippen LogP contribution in [0.1, 0.15) is 20.3 Å². The minimum Gasteiger partial charge on any atom is -0.303 e. The van der Waals surface area contributed by atoms with Crippen molar-refractivity contribution < 1.29 is 4.79 Å². The molecule has 0 radical (unpaired) electrons. The van der Waals surface area contributed by atoms with E-state index in [1.165, 1.54) is 11.1 Å². The third-order valence-corrected chi connectivity index (χ3v) is 1.60. The average Bonchev–Trinajstić information content (AvgIpc) is 2.38. The zero-order chi connectivity index (χ0) is 9.03. The van der Waals surface area contributed by atoms with E-state index in [-0.39, 0.29) is 5.41 Å². The Bertz CT molecular complexity index is 242. The maximum atomic E-state index is 10.3. The minimum absolute atomic E-state index is 0.0948. The molecule has 0 aliphatic carbocycles. The predicted octanol–water partition coefficient (Wildman–Crippen LogP) is 0.288. The molecule has 0 saturated heterocycles. The molecule has 0 aliphatic heterocycles. The number of carbonyl (C=O) groups excluding carboxylic acids is 1. The van der Waals surface area contributed by atoms with Gasteiger partial charge in [-0.1, -0.05) is 13.8 Å². The van der Waals surface area contributed by atoms with Crippen LogP contribution in [0.15, 0.2) is 6.33 Å². The van der Waals surface area contributed by atoms with Crippen molar-refractivity contribution in [3.8, 4) is 0 Å². The lowest BCUT2D eigenvalue weighted by Gasteiger charge is -2.19. The van der Waals surface area contributed by atoms with Crippen LogP contribution in [-0.2, 0) is 11.3 Å². The second-order valence-corrected chi connectivity index (χ2v) is 3.50. The van der Waals surface area contributed by atoms with Gasteiger partial charge < -0.3 is 4.79 Å². The highest BCUT2D eigenvalue weighted by molar-refractivity contribution is 5.50. The quantitative estimate of drug-likeness (QED) is 0.606. The van der Waals surface area contributed by atoms with Crippen molar-refractivity contribution >= 4 is 6.29 Å². The second-order valence-electron chi connectivity index (χ2n) is 3.50. The van der Waals surface area contributed by atoms with Crippen molar-refractivity contribution in [2.24, 2.45) is 5.41 Å². The number of aromatic nitrogens is 4. The van der Waals surface area contributed by atoms with Gasteiger partial charge >= 0.3 is 0 Å². The van der Waals surface area contributed by atoms with Gasteiger partial charge in [-0.25, -0.2) is 0 Å². The number of nitrogens with zero attached hydrogens (tertiary/aromatic N) is 4. The fourth-order valence-electron chi connectivity index (χ4n) is 0.934. The largest absolute Gasteiger partial charge is 0.303 e. The van der Waals surface area contributed by atoms with Crippen LogP contribution in [-0.4, -0.2) is 26.5 Å². The summed E-state index contributed by atoms with van der Waals surface area (Å²) in [6.45, 7) is 4.60. The first kappa shape index (κ1) is 8.83. The van der Waals surface area contributed by atoms with E-state index < -0.39 is 0 Å². The zero-order valence-corrected chi connectivity index (χ0v) is 7.27. The van der Waals surface area contributed by atoms with E-state index in [2.05, 4.69) is 15.4 Å². The van der Waals surface area contributed by atoms with Crippen LogP contribution in [0.4, 0.5) is 0 Å². The predicted molar refractivity (Wildman–Crippen MR) is 42.3 cm³/mol. The van der Waals surface area contributed by atoms with Gasteiger partial charge in [0.25, 0.3) is 0 Å². The summed E-state index contributed by atoms with van der Waals surface area (Å²) in [5.74, 6) is 0. The molecular formula is C7H12N4O. The molecule has 1 rings (SSSR count). The Morgan fingerprint density at radius 1 is 1.58 bits per heavy atom. The molecule has 5 heteroatoms. The Kier molecular flexibility index (Phi) is 2.52. The zero-order valence-electron chi connectivity index (χ0n) is 7.27. The van der Waals surface area contributed by atoms with Gasteiger partial charge in [-0.3, -0.25) is 0 Å². The Morgan fingerprint density at radius 2 is 2.33 bits per heavy atom. The van der Waals surface area contributed by atoms with E-state index in [0.717, 1.165) is 6.29 Å². The summed E-state index contributed by atoms with van der Waals surface area (Å²) in [5.41, 5.74) is -0.0948. The molecule has 1 aromatic heterocycles. The van der Waals surface area contributed by atoms with Crippen LogP contribution in [0, 0.1) is 5.41 Å². The molecule has 0 atom stereocenters. The summed E-state index contributed by atoms with van der Waals surface area (Å²) in [6.07, 6.45) is 2.81. The lowest BCUT2D eigenvalue weighted by atomic mass is 9.90. The Morgan fingerprint density at radius 3 is 2.83 bits per heavy atom. The standard InChI is InChI=1S/C7H12N4O/c1-7(2,3-4-12)5-11-9-6-8-10-11/h4,6H,3,5H2,1-2H3. The third-order valence-electron chi connectivity index (χ3n) is 1.60. The summed E-state index contributed by atoms with van der Waals surface area (Å²) in [4.78, 5) is 11.8. The molecule has 0 N–H and O–H groups in total. The fraction of sp³-hybridized carbons (Fsp3) is 0.714. The number of carbonyl (C=O) groups is 1. The van der Waals surface area contributed by atoms with Crippen LogP contribution in [0.3, 0.4) is 0 Å². The minimum atomic E-state index is -0.0948. The van der Waals surface area contributed by atoms with E-state index in [4.69, 9.17) is 0 Å². The SMILES string of the molecule is CC(C)(CC=O)Cn1ncnn1. The van der Waals surface area contributed by atoms with Gasteiger partial charge in [-0.2, -0.15) is 4.80 Å². The van der Waals surface area contributed by atoms with Gasteiger partial charge in [0.1, 0.15) is 6.29 Å². The molecule has 0 amide bonds. The lowest BCUT2D eigenvalue weighted by Crippen LogP contribution is -2.21. The van der Waals surface area contributed by atoms with Crippen LogP contribution in [0.5, 0.6) is 0 Å². The Labute approximate surface area is 70.8 Å². The first-order valence-electron chi connectivity index (χ1n) is 3.78. The molecule has 0 bridgehead atoms. The molecule has 1 aromatic rings. The molecule has 0 aliphatic rings. The topological polar surface area (TPSA) is 60.7 Å². The number of hydrogen-bond donors (Lipinski definition) is 0. The molecule has 0 aromatic carbocycles. The number of hydrogen-bond acceptors (Lipinski definition) is 4. The summed E-state index contributed by atoms with van der Waals surface area (Å²) in [5, 5.41) is 11.2. The van der Waals surface area contributed by atoms with Gasteiger partial charge in [0.05, 0.1) is 6.54 Å². The highest BCUT2D eigenvalue weighted by Crippen LogP contribution is 2.19. The highest BCUT2D eigenvalue weighted by atomic mass is 16.1. The number of aldehydes is 1. The van der Waals surface area contributed by atoms with Gasteiger partial charge in [0.15, 0.2) is 6.33 Å². The molecule has 0 saturated carbocycles. The van der Waals surface area contributed by atoms with Crippen LogP contribution in [0.25, 0.3) is 0 Å². The van der Waals surface area contributed by atoms with Crippen molar-refractivity contribution in [1.82, 2.24) is 20.2 Å². The monoisotopic (exact) mass is 168 g/mol. The average molecular weight is 168 g/mol. The molecule has 0 unspecified atom stereocenters. The smallest absolute Gasteiger partial charge is 0.162 e. The van der Waals surface area contributed by atoms with E-state index in [1.54, 1.807) is 0 Å². The number of tetrazole rings is 1. The van der Waals surface area contributed by atoms with Crippen LogP contribution >= 0.6 is 0 Å². The van der Waals surface area contributed by atoms with E-state index >= 15 is 0 Å². The summed E-state index contributed by atoms with van der Waals surface area (Å²) < 4.78 is 0. The van der Waals surface area contributed by atoms with Crippen LogP contribution in [0.2, 0.25) is 0 Å². The van der Waals surface area contributed by atoms with Gasteiger partial charge in [0, 0.05) is 6.42 Å². The molecule has 12 heavy (non-hydrogen) atoms. The van der Waals surface area contributed by atoms with Crippen molar-refractivity contribution in [1.29, 1.82) is 0 Å². The summed E-state index contributed by atoms with van der Waals surface area (Å²) in [6, 6.07) is 0. The second kappa shape index (κ2) is 3.42. The van der Waals surface area contributed by atoms with Gasteiger partial charge in [0.2, 0.25) is 0 Å². The lowest BCUT2D eigenvalue weighted by molar-refractivity contribution is -0.109. The van der Waals surface area contributed by atoms with Crippen molar-refractivity contribution in [3.63, 3.8) is 0 Å². The molecule has 66 valence electrons. The van der Waals surface area contributed by atoms with E-state index in [1.807, 2.05) is 13.8 Å². The van der Waals surface area contributed by atoms with Crippen LogP contribution < -0.4 is 0 Å². The van der Waals surface area contributed by atoms with E-state index in [0.29, 0.717) is 13.0 Å². The van der Waals surface area contributed by atoms with E-state index in [9.17, 15) is 4.79 Å². The molecular weight excluding hydrogens is 156 g/mol. The highest BCUT2D eigenvalue weighted by Gasteiger charge is 2.18. The molecule has 1 heterocycles. The molecule has 0 spiro atoms. The summed E-state index contributed by atoms with van der Waals surface area (Å²) in [7, 11) is 0. The van der Waals surface area contributed by atoms with Crippen molar-refractivity contribution in [3.05, 3.63) is 6.33 Å². The Balaban J connectivity index is 2.55. The normalized spacial score (nSPS) is 11.5. The Hall–Kier alpha value is -1.26. The summed E-state index contributed by atoms with van der Waals surface area (Å²) >= 11 is 0. The number of rotatable bonds is 4. The maximum absolute atomic E-state index is 10.3. The molecule has 5 nitrogen and oxygen atoms in total. The maximum Gasteiger partial charge on any atom is 0.162 e. The first-order chi connectivity index (χ1) is 5.64. The first-order valence-corrected chi connectivity index (χ1v) is 3.78. The van der Waals surface area contributed by atoms with Gasteiger partial charge in [-0.15, -0.1) is 10.2 Å². The van der Waals surface area contributed by atoms with Crippen molar-refractivity contribution in [2.75, 3.05) is 0 Å². The fourth-order valence-corrected chi connectivity index (χ4v) is 0.934. The molecule has 0 fully saturated rings. The van der Waals surface area contributed by atoms with Crippen molar-refractivity contribution in [2.45, 2.75) is 26.8 Å². The van der Waals surface area contributed by atoms with Gasteiger partial charge in [-0.05, 0) is 10.6 Å². The third kappa shape index (κ3) is 2.41.